The van der Waals surface area contributed by atoms with Gasteiger partial charge in [-0.05, 0) is 187 Å². The largest absolute Gasteiger partial charge is 0.481 e. The summed E-state index contributed by atoms with van der Waals surface area (Å²) in [4.78, 5) is 207. The topological polar surface area (TPSA) is 448 Å². The van der Waals surface area contributed by atoms with Crippen LogP contribution in [0, 0.1) is 0 Å². The SMILES string of the molecule is CC(=O)CN(CCC(=O)O)C(=O)CN(CCC(=O)O)C(=O)CN(CCC(=O)O)C(=O)CN(CCc1ccc(Cl)cc1Cl)C(=O)CN(CCc1ccc(Cl)cc1Cl)C(=O)CN(CCc1ccc(Cl)cc1Cl)C(=O)CN(CCc1ccc(Cl)cc1Cl)C(=O)CN(CCCCN)C(=O)CN(CCCCN)C(=O)CN(CCCCN)C(=O)CNCCCCN. The summed E-state index contributed by atoms with van der Waals surface area (Å²) in [7, 11) is 0. The van der Waals surface area contributed by atoms with Gasteiger partial charge in [0.2, 0.25) is 59.1 Å². The van der Waals surface area contributed by atoms with E-state index < -0.39 is 175 Å². The molecule has 40 heteroatoms. The summed E-state index contributed by atoms with van der Waals surface area (Å²) in [5.74, 6) is -12.9. The molecule has 0 aliphatic heterocycles. The number of rotatable bonds is 59. The molecule has 0 radical (unpaired) electrons. The van der Waals surface area contributed by atoms with Crippen molar-refractivity contribution in [3.63, 3.8) is 0 Å². The molecule has 0 heterocycles. The molecule has 0 fully saturated rings. The highest BCUT2D eigenvalue weighted by Crippen LogP contribution is 2.27. The zero-order chi connectivity index (χ0) is 89.0. The number of unbranched alkanes of at least 4 members (excludes halogenated alkanes) is 4. The van der Waals surface area contributed by atoms with Crippen molar-refractivity contribution in [1.82, 2.24) is 54.3 Å². The number of carboxylic acids is 3. The van der Waals surface area contributed by atoms with Gasteiger partial charge in [0.05, 0.1) is 91.3 Å². The number of carbonyl (C=O) groups is 14. The number of aliphatic carboxylic acids is 3. The minimum atomic E-state index is -1.44. The Balaban J connectivity index is 1.88. The Kier molecular flexibility index (Phi) is 49.0. The number of carbonyl (C=O) groups excluding carboxylic acids is 11. The summed E-state index contributed by atoms with van der Waals surface area (Å²) in [6, 6.07) is 18.4. The van der Waals surface area contributed by atoms with Crippen molar-refractivity contribution in [1.29, 1.82) is 0 Å². The lowest BCUT2D eigenvalue weighted by Gasteiger charge is -2.33. The Bertz CT molecular complexity index is 4120. The molecule has 0 saturated heterocycles. The Morgan fingerprint density at radius 3 is 0.708 bits per heavy atom. The van der Waals surface area contributed by atoms with E-state index >= 15 is 19.2 Å². The fourth-order valence-corrected chi connectivity index (χ4v) is 14.2. The summed E-state index contributed by atoms with van der Waals surface area (Å²) in [6.45, 7) is -7.45. The number of ketones is 1. The van der Waals surface area contributed by atoms with Crippen molar-refractivity contribution >= 4 is 176 Å². The highest BCUT2D eigenvalue weighted by molar-refractivity contribution is 6.36. The molecule has 0 aliphatic rings. The molecule has 0 aliphatic carbocycles. The monoisotopic (exact) mass is 1830 g/mol. The number of hydrogen-bond donors (Lipinski definition) is 8. The third-order valence-corrected chi connectivity index (χ3v) is 21.4. The number of amides is 10. The molecule has 4 rings (SSSR count). The molecule has 0 bridgehead atoms. The second-order valence-corrected chi connectivity index (χ2v) is 31.8. The van der Waals surface area contributed by atoms with E-state index in [1.807, 2.05) is 0 Å². The first kappa shape index (κ1) is 104. The van der Waals surface area contributed by atoms with Crippen LogP contribution in [-0.4, -0.2) is 317 Å². The molecule has 4 aromatic rings. The van der Waals surface area contributed by atoms with Gasteiger partial charge in [-0.1, -0.05) is 117 Å². The van der Waals surface area contributed by atoms with Crippen molar-refractivity contribution in [3.8, 4) is 0 Å². The fraction of sp³-hybridized carbons (Fsp3) is 0.525. The lowest BCUT2D eigenvalue weighted by molar-refractivity contribution is -0.149. The van der Waals surface area contributed by atoms with E-state index in [-0.39, 0.29) is 139 Å². The van der Waals surface area contributed by atoms with Gasteiger partial charge in [0.15, 0.2) is 0 Å². The van der Waals surface area contributed by atoms with Crippen LogP contribution in [0.3, 0.4) is 0 Å². The number of benzene rings is 4. The third-order valence-electron chi connectivity index (χ3n) is 19.1. The van der Waals surface area contributed by atoms with Crippen molar-refractivity contribution in [2.24, 2.45) is 22.9 Å². The zero-order valence-corrected chi connectivity index (χ0v) is 73.3. The lowest BCUT2D eigenvalue weighted by atomic mass is 10.1. The van der Waals surface area contributed by atoms with Crippen LogP contribution in [0.4, 0.5) is 0 Å². The van der Waals surface area contributed by atoms with E-state index in [1.165, 1.54) is 56.0 Å². The van der Waals surface area contributed by atoms with Crippen molar-refractivity contribution in [3.05, 3.63) is 135 Å². The normalized spacial score (nSPS) is 11.0. The van der Waals surface area contributed by atoms with Gasteiger partial charge < -0.3 is 92.6 Å². The minimum Gasteiger partial charge on any atom is -0.481 e. The van der Waals surface area contributed by atoms with Crippen molar-refractivity contribution in [2.45, 2.75) is 103 Å². The molecular weight excluding hydrogens is 1730 g/mol. The average molecular weight is 1840 g/mol. The summed E-state index contributed by atoms with van der Waals surface area (Å²) >= 11 is 52.1. The third kappa shape index (κ3) is 39.7. The molecule has 120 heavy (non-hydrogen) atoms. The molecule has 10 amide bonds. The molecular formula is C80H109Cl8N15O17. The van der Waals surface area contributed by atoms with Gasteiger partial charge in [0, 0.05) is 106 Å². The number of halogens is 8. The average Bonchev–Trinajstić information content (AvgIpc) is 0.844. The number of nitrogens with zero attached hydrogens (tertiary/aromatic N) is 10. The van der Waals surface area contributed by atoms with Crippen LogP contribution in [-0.2, 0) is 92.8 Å². The van der Waals surface area contributed by atoms with Gasteiger partial charge >= 0.3 is 17.9 Å². The van der Waals surface area contributed by atoms with Gasteiger partial charge in [-0.3, -0.25) is 67.1 Å². The molecule has 0 aromatic heterocycles. The first-order chi connectivity index (χ1) is 57.1. The molecule has 0 spiro atoms. The minimum absolute atomic E-state index is 0.00840. The lowest BCUT2D eigenvalue weighted by Crippen LogP contribution is -2.53. The maximum absolute atomic E-state index is 15.7. The second kappa shape index (κ2) is 56.5. The molecule has 0 atom stereocenters. The van der Waals surface area contributed by atoms with Crippen LogP contribution >= 0.6 is 92.8 Å². The summed E-state index contributed by atoms with van der Waals surface area (Å²) in [5.41, 5.74) is 25.2. The van der Waals surface area contributed by atoms with E-state index in [2.05, 4.69) is 5.32 Å². The Morgan fingerprint density at radius 2 is 0.492 bits per heavy atom. The Hall–Kier alpha value is -8.22. The van der Waals surface area contributed by atoms with Crippen LogP contribution in [0.2, 0.25) is 40.2 Å². The highest BCUT2D eigenvalue weighted by atomic mass is 35.5. The number of Topliss-reactive ketones (excluding diaryl/α,β-unsaturated/α-hetero) is 1. The fourth-order valence-electron chi connectivity index (χ4n) is 12.2. The van der Waals surface area contributed by atoms with Crippen LogP contribution in [0.1, 0.15) is 99.8 Å². The van der Waals surface area contributed by atoms with Crippen LogP contribution in [0.15, 0.2) is 72.8 Å². The molecule has 0 saturated carbocycles. The standard InChI is InChI=1S/C80H109Cl8N15O17/c1-55(104)45-97(37-22-78(115)116)71(108)49-102(38-23-79(117)118)77(114)54-103(39-24-80(119)120)76(113)53-101(36-21-59-13-17-63(84)43-67(59)88)75(112)52-100(35-20-58-12-16-62(83)42-66(58)87)74(111)51-99(34-19-57-11-15-61(82)41-65(57)86)73(110)50-98(33-18-56-10-14-60(81)40-64(56)85)72(109)48-96(32-9-5-28-92)70(107)47-95(31-8-4-27-91)69(106)46-94(30-7-3-26-90)68(105)44-93-29-6-2-25-89/h10-17,40-43,93H,2-9,18-39,44-54,89-92H2,1H3,(H,115,116)(H,117,118)(H,119,120). The van der Waals surface area contributed by atoms with Gasteiger partial charge in [0.25, 0.3) is 0 Å². The van der Waals surface area contributed by atoms with Gasteiger partial charge in [-0.25, -0.2) is 0 Å². The van der Waals surface area contributed by atoms with E-state index in [1.54, 1.807) is 36.4 Å². The zero-order valence-electron chi connectivity index (χ0n) is 67.3. The van der Waals surface area contributed by atoms with Crippen LogP contribution < -0.4 is 28.3 Å². The van der Waals surface area contributed by atoms with Gasteiger partial charge in [0.1, 0.15) is 5.78 Å². The van der Waals surface area contributed by atoms with E-state index in [4.69, 9.17) is 116 Å². The second-order valence-electron chi connectivity index (χ2n) is 28.4. The van der Waals surface area contributed by atoms with Crippen molar-refractivity contribution < 1.29 is 82.4 Å². The number of hydrogen-bond acceptors (Lipinski definition) is 19. The highest BCUT2D eigenvalue weighted by Gasteiger charge is 2.34. The van der Waals surface area contributed by atoms with E-state index in [9.17, 15) is 63.3 Å². The van der Waals surface area contributed by atoms with Crippen LogP contribution in [0.25, 0.3) is 0 Å². The van der Waals surface area contributed by atoms with Crippen LogP contribution in [0.5, 0.6) is 0 Å². The maximum Gasteiger partial charge on any atom is 0.305 e. The molecule has 662 valence electrons. The predicted octanol–water partition coefficient (Wildman–Crippen LogP) is 6.03. The number of carboxylic acid groups (broad SMARTS) is 3. The first-order valence-corrected chi connectivity index (χ1v) is 42.3. The predicted molar refractivity (Wildman–Crippen MR) is 460 cm³/mol. The molecule has 32 nitrogen and oxygen atoms in total. The quantitative estimate of drug-likeness (QED) is 0.0234. The van der Waals surface area contributed by atoms with Gasteiger partial charge in [-0.2, -0.15) is 0 Å². The smallest absolute Gasteiger partial charge is 0.305 e. The number of nitrogens with two attached hydrogens (primary N) is 4. The summed E-state index contributed by atoms with van der Waals surface area (Å²) < 4.78 is 0. The van der Waals surface area contributed by atoms with Gasteiger partial charge in [-0.15, -0.1) is 0 Å². The van der Waals surface area contributed by atoms with E-state index in [0.717, 1.165) is 49.2 Å². The Morgan fingerprint density at radius 1 is 0.283 bits per heavy atom. The molecule has 4 aromatic carbocycles. The Labute approximate surface area is 739 Å². The molecule has 12 N–H and O–H groups in total. The first-order valence-electron chi connectivity index (χ1n) is 39.3. The maximum atomic E-state index is 15.7. The summed E-state index contributed by atoms with van der Waals surface area (Å²) in [6.07, 6.45) is 1.74. The van der Waals surface area contributed by atoms with Crippen molar-refractivity contribution in [2.75, 3.05) is 170 Å². The summed E-state index contributed by atoms with van der Waals surface area (Å²) in [5, 5.41) is 33.9. The van der Waals surface area contributed by atoms with E-state index in [0.29, 0.717) is 85.4 Å². The molecule has 0 unspecified atom stereocenters. The number of nitrogens with one attached hydrogen (secondary N) is 1.